The Hall–Kier alpha value is -4.10. The highest BCUT2D eigenvalue weighted by atomic mass is 35.5. The molecule has 0 radical (unpaired) electrons. The Morgan fingerprint density at radius 3 is 2.69 bits per heavy atom. The predicted octanol–water partition coefficient (Wildman–Crippen LogP) is 4.64. The van der Waals surface area contributed by atoms with E-state index in [-0.39, 0.29) is 33.8 Å². The number of benzene rings is 2. The largest absolute Gasteiger partial charge is 0.480 e. The molecule has 2 aromatic carbocycles. The Labute approximate surface area is 250 Å². The SMILES string of the molecule is C[C@H](NN(C(=O)c1cccs1)C(=O)c1ccc(C(=O)NCc2cccc3c2cnn3C2CCCCO2)cc1Cl)C(=O)O. The van der Waals surface area contributed by atoms with Gasteiger partial charge in [-0.1, -0.05) is 29.8 Å². The van der Waals surface area contributed by atoms with E-state index in [1.54, 1.807) is 17.6 Å². The molecule has 13 heteroatoms. The molecule has 11 nitrogen and oxygen atoms in total. The number of amides is 3. The van der Waals surface area contributed by atoms with Crippen LogP contribution in [0.25, 0.3) is 10.9 Å². The van der Waals surface area contributed by atoms with Gasteiger partial charge in [-0.2, -0.15) is 5.10 Å². The van der Waals surface area contributed by atoms with Gasteiger partial charge in [-0.15, -0.1) is 11.3 Å². The predicted molar refractivity (Wildman–Crippen MR) is 156 cm³/mol. The highest BCUT2D eigenvalue weighted by Gasteiger charge is 2.30. The number of thiophene rings is 1. The number of imide groups is 1. The fourth-order valence-corrected chi connectivity index (χ4v) is 5.54. The number of hydrazine groups is 1. The second-order valence-electron chi connectivity index (χ2n) is 9.75. The van der Waals surface area contributed by atoms with Crippen molar-refractivity contribution in [3.05, 3.63) is 86.7 Å². The van der Waals surface area contributed by atoms with Crippen LogP contribution in [0.5, 0.6) is 0 Å². The quantitative estimate of drug-likeness (QED) is 0.184. The third kappa shape index (κ3) is 6.21. The number of hydrogen-bond donors (Lipinski definition) is 3. The van der Waals surface area contributed by atoms with Crippen LogP contribution in [0.2, 0.25) is 5.02 Å². The highest BCUT2D eigenvalue weighted by molar-refractivity contribution is 7.12. The Kier molecular flexibility index (Phi) is 8.97. The molecule has 1 saturated heterocycles. The van der Waals surface area contributed by atoms with E-state index in [9.17, 15) is 24.3 Å². The van der Waals surface area contributed by atoms with E-state index in [1.807, 2.05) is 22.9 Å². The summed E-state index contributed by atoms with van der Waals surface area (Å²) in [5.41, 5.74) is 4.36. The Morgan fingerprint density at radius 2 is 2.00 bits per heavy atom. The fourth-order valence-electron chi connectivity index (χ4n) is 4.63. The molecule has 0 bridgehead atoms. The van der Waals surface area contributed by atoms with E-state index < -0.39 is 29.7 Å². The van der Waals surface area contributed by atoms with Crippen LogP contribution in [0.4, 0.5) is 0 Å². The molecule has 4 aromatic rings. The van der Waals surface area contributed by atoms with Gasteiger partial charge in [-0.3, -0.25) is 19.2 Å². The van der Waals surface area contributed by atoms with Crippen molar-refractivity contribution in [2.24, 2.45) is 0 Å². The van der Waals surface area contributed by atoms with Crippen LogP contribution in [0, 0.1) is 0 Å². The van der Waals surface area contributed by atoms with Crippen LogP contribution in [-0.2, 0) is 16.1 Å². The summed E-state index contributed by atoms with van der Waals surface area (Å²) in [6, 6.07) is 11.8. The van der Waals surface area contributed by atoms with E-state index in [0.717, 1.165) is 47.1 Å². The van der Waals surface area contributed by atoms with E-state index in [2.05, 4.69) is 15.8 Å². The van der Waals surface area contributed by atoms with Gasteiger partial charge < -0.3 is 15.2 Å². The number of aromatic nitrogens is 2. The maximum absolute atomic E-state index is 13.3. The number of nitrogens with one attached hydrogen (secondary N) is 2. The van der Waals surface area contributed by atoms with Crippen LogP contribution < -0.4 is 10.7 Å². The van der Waals surface area contributed by atoms with Gasteiger partial charge in [0.2, 0.25) is 0 Å². The van der Waals surface area contributed by atoms with Crippen molar-refractivity contribution in [2.45, 2.75) is 45.0 Å². The molecule has 42 heavy (non-hydrogen) atoms. The lowest BCUT2D eigenvalue weighted by Crippen LogP contribution is -2.52. The number of carboxylic acids is 1. The summed E-state index contributed by atoms with van der Waals surface area (Å²) in [4.78, 5) is 51.0. The van der Waals surface area contributed by atoms with Gasteiger partial charge in [0.15, 0.2) is 6.23 Å². The number of aliphatic carboxylic acids is 1. The maximum Gasteiger partial charge on any atom is 0.322 e. The molecule has 1 aliphatic rings. The summed E-state index contributed by atoms with van der Waals surface area (Å²) in [6.45, 7) is 2.23. The molecule has 2 aromatic heterocycles. The average molecular weight is 610 g/mol. The summed E-state index contributed by atoms with van der Waals surface area (Å²) in [5.74, 6) is -3.26. The molecular weight excluding hydrogens is 582 g/mol. The minimum absolute atomic E-state index is 0.0720. The number of nitrogens with zero attached hydrogens (tertiary/aromatic N) is 3. The monoisotopic (exact) mass is 609 g/mol. The zero-order valence-corrected chi connectivity index (χ0v) is 24.2. The van der Waals surface area contributed by atoms with Crippen LogP contribution >= 0.6 is 22.9 Å². The van der Waals surface area contributed by atoms with Gasteiger partial charge in [-0.25, -0.2) is 15.1 Å². The number of rotatable bonds is 9. The number of carbonyl (C=O) groups excluding carboxylic acids is 3. The summed E-state index contributed by atoms with van der Waals surface area (Å²) in [7, 11) is 0. The zero-order valence-electron chi connectivity index (χ0n) is 22.6. The number of halogens is 1. The lowest BCUT2D eigenvalue weighted by atomic mass is 10.1. The molecule has 3 N–H and O–H groups in total. The number of carbonyl (C=O) groups is 4. The topological polar surface area (TPSA) is 143 Å². The van der Waals surface area contributed by atoms with Crippen molar-refractivity contribution in [2.75, 3.05) is 6.61 Å². The van der Waals surface area contributed by atoms with Crippen molar-refractivity contribution < 1.29 is 29.0 Å². The van der Waals surface area contributed by atoms with E-state index >= 15 is 0 Å². The van der Waals surface area contributed by atoms with Crippen LogP contribution in [0.3, 0.4) is 0 Å². The fraction of sp³-hybridized carbons (Fsp3) is 0.276. The molecule has 5 rings (SSSR count). The number of fused-ring (bicyclic) bond motifs is 1. The molecule has 2 atom stereocenters. The third-order valence-corrected chi connectivity index (χ3v) is 8.06. The molecular formula is C29H28ClN5O6S. The Balaban J connectivity index is 1.31. The van der Waals surface area contributed by atoms with Gasteiger partial charge in [0.25, 0.3) is 17.7 Å². The first kappa shape index (κ1) is 29.4. The van der Waals surface area contributed by atoms with Crippen molar-refractivity contribution in [1.29, 1.82) is 0 Å². The molecule has 0 spiro atoms. The van der Waals surface area contributed by atoms with Crippen molar-refractivity contribution in [3.8, 4) is 0 Å². The van der Waals surface area contributed by atoms with Crippen LogP contribution in [-0.4, -0.2) is 56.2 Å². The molecule has 1 aliphatic heterocycles. The highest BCUT2D eigenvalue weighted by Crippen LogP contribution is 2.28. The van der Waals surface area contributed by atoms with Crippen molar-refractivity contribution in [1.82, 2.24) is 25.5 Å². The second-order valence-corrected chi connectivity index (χ2v) is 11.1. The lowest BCUT2D eigenvalue weighted by Gasteiger charge is -2.24. The van der Waals surface area contributed by atoms with Gasteiger partial charge in [0, 0.05) is 24.1 Å². The van der Waals surface area contributed by atoms with Crippen molar-refractivity contribution in [3.63, 3.8) is 0 Å². The molecule has 3 heterocycles. The van der Waals surface area contributed by atoms with Gasteiger partial charge >= 0.3 is 5.97 Å². The number of hydrogen-bond acceptors (Lipinski definition) is 8. The molecule has 218 valence electrons. The first-order valence-electron chi connectivity index (χ1n) is 13.3. The Bertz CT molecular complexity index is 1630. The van der Waals surface area contributed by atoms with E-state index in [1.165, 1.54) is 31.2 Å². The average Bonchev–Trinajstić information content (AvgIpc) is 3.69. The summed E-state index contributed by atoms with van der Waals surface area (Å²) >= 11 is 7.51. The molecule has 0 saturated carbocycles. The summed E-state index contributed by atoms with van der Waals surface area (Å²) in [6.07, 6.45) is 4.68. The van der Waals surface area contributed by atoms with Crippen molar-refractivity contribution >= 4 is 57.5 Å². The van der Waals surface area contributed by atoms with E-state index in [0.29, 0.717) is 11.6 Å². The maximum atomic E-state index is 13.3. The lowest BCUT2D eigenvalue weighted by molar-refractivity contribution is -0.139. The van der Waals surface area contributed by atoms with Crippen LogP contribution in [0.15, 0.2) is 60.1 Å². The van der Waals surface area contributed by atoms with E-state index in [4.69, 9.17) is 16.3 Å². The van der Waals surface area contributed by atoms with Crippen LogP contribution in [0.1, 0.15) is 68.4 Å². The number of ether oxygens (including phenoxy) is 1. The zero-order chi connectivity index (χ0) is 29.8. The minimum atomic E-state index is -1.25. The molecule has 1 unspecified atom stereocenters. The molecule has 3 amide bonds. The van der Waals surface area contributed by atoms with Gasteiger partial charge in [0.1, 0.15) is 6.04 Å². The first-order chi connectivity index (χ1) is 20.2. The second kappa shape index (κ2) is 12.8. The van der Waals surface area contributed by atoms with Gasteiger partial charge in [-0.05, 0) is 67.5 Å². The third-order valence-electron chi connectivity index (χ3n) is 6.89. The standard InChI is InChI=1S/C29H28ClN5O6S/c1-17(29(39)40)33-35(28(38)24-8-5-13-42-24)27(37)20-11-10-18(14-22(20)30)26(36)31-15-19-6-4-7-23-21(19)16-32-34(23)25-9-2-3-12-41-25/h4-8,10-11,13-14,16-17,25,33H,2-3,9,12,15H2,1H3,(H,31,36)(H,39,40)/t17-,25?/m0/s1. The van der Waals surface area contributed by atoms with Gasteiger partial charge in [0.05, 0.1) is 27.2 Å². The molecule has 1 fully saturated rings. The molecule has 0 aliphatic carbocycles. The number of carboxylic acid groups (broad SMARTS) is 1. The summed E-state index contributed by atoms with van der Waals surface area (Å²) < 4.78 is 7.77. The normalized spacial score (nSPS) is 15.7. The first-order valence-corrected chi connectivity index (χ1v) is 14.6. The smallest absolute Gasteiger partial charge is 0.322 e. The Morgan fingerprint density at radius 1 is 1.17 bits per heavy atom. The summed E-state index contributed by atoms with van der Waals surface area (Å²) in [5, 5.41) is 19.9. The minimum Gasteiger partial charge on any atom is -0.480 e.